The van der Waals surface area contributed by atoms with Crippen LogP contribution in [0.3, 0.4) is 0 Å². The average molecular weight is 336 g/mol. The van der Waals surface area contributed by atoms with Gasteiger partial charge in [-0.1, -0.05) is 20.8 Å². The molecule has 1 rings (SSSR count). The normalized spacial score (nSPS) is 24.9. The molecule has 0 spiro atoms. The summed E-state index contributed by atoms with van der Waals surface area (Å²) in [6.07, 6.45) is 0. The summed E-state index contributed by atoms with van der Waals surface area (Å²) < 4.78 is 29.4. The van der Waals surface area contributed by atoms with E-state index in [4.69, 9.17) is 23.5 Å². The highest BCUT2D eigenvalue weighted by Crippen LogP contribution is 2.73. The van der Waals surface area contributed by atoms with Gasteiger partial charge in [0.2, 0.25) is 0 Å². The van der Waals surface area contributed by atoms with Crippen LogP contribution in [0.1, 0.15) is 34.6 Å². The first-order valence-corrected chi connectivity index (χ1v) is 9.44. The molecule has 0 aromatic carbocycles. The first-order chi connectivity index (χ1) is 10.2. The van der Waals surface area contributed by atoms with Crippen LogP contribution in [-0.2, 0) is 18.7 Å². The van der Waals surface area contributed by atoms with Crippen molar-refractivity contribution in [1.29, 1.82) is 0 Å². The van der Waals surface area contributed by atoms with Crippen molar-refractivity contribution >= 4 is 7.43 Å². The van der Waals surface area contributed by atoms with E-state index in [0.29, 0.717) is 33.0 Å². The van der Waals surface area contributed by atoms with E-state index in [1.807, 2.05) is 0 Å². The van der Waals surface area contributed by atoms with Gasteiger partial charge in [-0.3, -0.25) is 0 Å². The van der Waals surface area contributed by atoms with E-state index < -0.39 is 7.43 Å². The quantitative estimate of drug-likeness (QED) is 0.453. The second kappa shape index (κ2) is 8.22. The molecule has 7 heteroatoms. The lowest BCUT2D eigenvalue weighted by molar-refractivity contribution is 0.0471. The van der Waals surface area contributed by atoms with Crippen molar-refractivity contribution in [2.24, 2.45) is 4.74 Å². The van der Waals surface area contributed by atoms with E-state index >= 15 is 0 Å². The van der Waals surface area contributed by atoms with Crippen LogP contribution in [0.4, 0.5) is 0 Å². The molecule has 0 bridgehead atoms. The number of hydrogen-bond donors (Lipinski definition) is 0. The molecular weight excluding hydrogens is 303 g/mol. The van der Waals surface area contributed by atoms with Crippen LogP contribution in [0.2, 0.25) is 0 Å². The predicted octanol–water partition coefficient (Wildman–Crippen LogP) is 3.19. The summed E-state index contributed by atoms with van der Waals surface area (Å²) in [4.78, 5) is 0. The van der Waals surface area contributed by atoms with Crippen LogP contribution in [-0.4, -0.2) is 69.3 Å². The van der Waals surface area contributed by atoms with Gasteiger partial charge in [-0.15, -0.1) is 0 Å². The predicted molar refractivity (Wildman–Crippen MR) is 90.4 cm³/mol. The molecule has 22 heavy (non-hydrogen) atoms. The van der Waals surface area contributed by atoms with Gasteiger partial charge in [0.15, 0.2) is 7.43 Å². The van der Waals surface area contributed by atoms with Gasteiger partial charge in [-0.05, 0) is 13.8 Å². The van der Waals surface area contributed by atoms with Gasteiger partial charge in [0, 0.05) is 25.9 Å². The fourth-order valence-corrected chi connectivity index (χ4v) is 6.34. The Morgan fingerprint density at radius 3 is 2.05 bits per heavy atom. The molecule has 132 valence electrons. The highest BCUT2D eigenvalue weighted by molar-refractivity contribution is 7.61. The topological polar surface area (TPSA) is 52.5 Å². The van der Waals surface area contributed by atoms with Gasteiger partial charge in [0.05, 0.1) is 33.0 Å². The largest absolute Gasteiger partial charge is 0.383 e. The summed E-state index contributed by atoms with van der Waals surface area (Å²) >= 11 is 0. The van der Waals surface area contributed by atoms with Gasteiger partial charge in [0.1, 0.15) is 5.66 Å². The SMILES string of the molecule is COCCOCCOP1(C(C)(C)C)=NC(C)(C)N1CCOC. The molecule has 6 nitrogen and oxygen atoms in total. The molecule has 0 aliphatic carbocycles. The molecule has 1 heterocycles. The van der Waals surface area contributed by atoms with Gasteiger partial charge < -0.3 is 18.7 Å². The monoisotopic (exact) mass is 336 g/mol. The Kier molecular flexibility index (Phi) is 7.50. The summed E-state index contributed by atoms with van der Waals surface area (Å²) in [7, 11) is 1.39. The van der Waals surface area contributed by atoms with Crippen LogP contribution < -0.4 is 0 Å². The van der Waals surface area contributed by atoms with Gasteiger partial charge in [-0.2, -0.15) is 0 Å². The van der Waals surface area contributed by atoms with E-state index in [1.54, 1.807) is 14.2 Å². The lowest BCUT2D eigenvalue weighted by Crippen LogP contribution is -2.53. The van der Waals surface area contributed by atoms with Crippen molar-refractivity contribution in [3.63, 3.8) is 0 Å². The Morgan fingerprint density at radius 1 is 0.955 bits per heavy atom. The highest BCUT2D eigenvalue weighted by Gasteiger charge is 2.54. The Morgan fingerprint density at radius 2 is 1.55 bits per heavy atom. The molecule has 0 amide bonds. The zero-order valence-electron chi connectivity index (χ0n) is 15.2. The van der Waals surface area contributed by atoms with Crippen LogP contribution in [0.5, 0.6) is 0 Å². The van der Waals surface area contributed by atoms with E-state index in [1.165, 1.54) is 0 Å². The maximum absolute atomic E-state index is 6.30. The summed E-state index contributed by atoms with van der Waals surface area (Å²) in [5, 5.41) is -0.0250. The van der Waals surface area contributed by atoms with Crippen molar-refractivity contribution in [2.75, 3.05) is 53.8 Å². The minimum atomic E-state index is -2.00. The number of hydrogen-bond acceptors (Lipinski definition) is 6. The van der Waals surface area contributed by atoms with Crippen molar-refractivity contribution in [3.8, 4) is 0 Å². The minimum Gasteiger partial charge on any atom is -0.383 e. The lowest BCUT2D eigenvalue weighted by atomic mass is 10.2. The molecule has 0 radical (unpaired) electrons. The Labute approximate surface area is 135 Å². The second-order valence-corrected chi connectivity index (χ2v) is 10.2. The molecule has 0 aromatic rings. The number of methoxy groups -OCH3 is 2. The smallest absolute Gasteiger partial charge is 0.162 e. The summed E-state index contributed by atoms with van der Waals surface area (Å²) in [6, 6.07) is 0. The van der Waals surface area contributed by atoms with Crippen molar-refractivity contribution in [1.82, 2.24) is 4.67 Å². The van der Waals surface area contributed by atoms with Gasteiger partial charge >= 0.3 is 0 Å². The maximum atomic E-state index is 6.30. The van der Waals surface area contributed by atoms with E-state index in [0.717, 1.165) is 6.54 Å². The molecule has 1 aliphatic heterocycles. The number of nitrogens with zero attached hydrogens (tertiary/aromatic N) is 2. The van der Waals surface area contributed by atoms with Crippen molar-refractivity contribution < 1.29 is 18.7 Å². The summed E-state index contributed by atoms with van der Waals surface area (Å²) in [5.41, 5.74) is -0.184. The zero-order valence-corrected chi connectivity index (χ0v) is 16.1. The fourth-order valence-electron chi connectivity index (χ4n) is 2.59. The molecule has 1 aliphatic rings. The third-order valence-electron chi connectivity index (χ3n) is 3.65. The fraction of sp³-hybridized carbons (Fsp3) is 1.00. The number of ether oxygens (including phenoxy) is 3. The Bertz CT molecular complexity index is 393. The van der Waals surface area contributed by atoms with Crippen molar-refractivity contribution in [3.05, 3.63) is 0 Å². The third-order valence-corrected chi connectivity index (χ3v) is 8.05. The maximum Gasteiger partial charge on any atom is 0.162 e. The highest BCUT2D eigenvalue weighted by atomic mass is 31.2. The molecular formula is C15H33N2O4P. The lowest BCUT2D eigenvalue weighted by Gasteiger charge is -2.57. The van der Waals surface area contributed by atoms with E-state index in [9.17, 15) is 0 Å². The summed E-state index contributed by atoms with van der Waals surface area (Å²) in [6.45, 7) is 14.7. The molecule has 1 unspecified atom stereocenters. The third kappa shape index (κ3) is 4.53. The van der Waals surface area contributed by atoms with Crippen LogP contribution in [0, 0.1) is 0 Å². The first kappa shape index (κ1) is 20.1. The first-order valence-electron chi connectivity index (χ1n) is 7.83. The zero-order chi connectivity index (χ0) is 16.9. The molecule has 1 atom stereocenters. The van der Waals surface area contributed by atoms with E-state index in [2.05, 4.69) is 39.3 Å². The molecule has 0 N–H and O–H groups in total. The number of rotatable bonds is 10. The second-order valence-electron chi connectivity index (χ2n) is 6.86. The van der Waals surface area contributed by atoms with Gasteiger partial charge in [0.25, 0.3) is 0 Å². The van der Waals surface area contributed by atoms with Crippen LogP contribution in [0.15, 0.2) is 4.74 Å². The minimum absolute atomic E-state index is 0.0250. The molecule has 0 aromatic heterocycles. The average Bonchev–Trinajstić information content (AvgIpc) is 2.40. The van der Waals surface area contributed by atoms with Gasteiger partial charge in [-0.25, -0.2) is 9.42 Å². The Balaban J connectivity index is 2.72. The van der Waals surface area contributed by atoms with Crippen molar-refractivity contribution in [2.45, 2.75) is 45.4 Å². The summed E-state index contributed by atoms with van der Waals surface area (Å²) in [5.74, 6) is 0. The van der Waals surface area contributed by atoms with E-state index in [-0.39, 0.29) is 10.8 Å². The van der Waals surface area contributed by atoms with Crippen LogP contribution in [0.25, 0.3) is 0 Å². The van der Waals surface area contributed by atoms with Crippen LogP contribution >= 0.6 is 7.43 Å². The molecule has 0 saturated carbocycles. The Hall–Kier alpha value is 0.0300. The standard InChI is InChI=1S/C15H33N2O4P/c1-14(2,3)22(21-13-12-20-11-10-19-7)16-15(4,5)17(22)8-9-18-6/h8-13H2,1-7H3. The molecule has 0 saturated heterocycles. The molecule has 0 fully saturated rings.